The molecule has 35 heavy (non-hydrogen) atoms. The average molecular weight is 487 g/mol. The molecule has 2 N–H and O–H groups in total. The Morgan fingerprint density at radius 3 is 2.40 bits per heavy atom. The average Bonchev–Trinajstić information content (AvgIpc) is 3.37. The zero-order chi connectivity index (χ0) is 25.0. The lowest BCUT2D eigenvalue weighted by Gasteiger charge is -2.24. The molecular formula is C27H35FN2O5. The van der Waals surface area contributed by atoms with Gasteiger partial charge in [-0.15, -0.1) is 0 Å². The number of nitrogens with zero attached hydrogens (tertiary/aromatic N) is 1. The van der Waals surface area contributed by atoms with Gasteiger partial charge in [-0.25, -0.2) is 14.0 Å². The smallest absolute Gasteiger partial charge is 0.333 e. The monoisotopic (exact) mass is 486 g/mol. The quantitative estimate of drug-likeness (QED) is 0.398. The first-order valence-electron chi connectivity index (χ1n) is 12.3. The lowest BCUT2D eigenvalue weighted by atomic mass is 10.0. The van der Waals surface area contributed by atoms with Crippen LogP contribution in [-0.2, 0) is 16.0 Å². The van der Waals surface area contributed by atoms with Crippen molar-refractivity contribution in [2.45, 2.75) is 51.6 Å². The Kier molecular flexibility index (Phi) is 10.3. The van der Waals surface area contributed by atoms with Gasteiger partial charge in [-0.05, 0) is 61.2 Å². The molecule has 0 bridgehead atoms. The fourth-order valence-electron chi connectivity index (χ4n) is 4.32. The van der Waals surface area contributed by atoms with Crippen molar-refractivity contribution in [2.75, 3.05) is 31.6 Å². The van der Waals surface area contributed by atoms with Gasteiger partial charge in [-0.2, -0.15) is 0 Å². The molecule has 190 valence electrons. The highest BCUT2D eigenvalue weighted by Gasteiger charge is 2.20. The largest absolute Gasteiger partial charge is 0.492 e. The molecule has 0 spiro atoms. The second-order valence-corrected chi connectivity index (χ2v) is 8.84. The summed E-state index contributed by atoms with van der Waals surface area (Å²) >= 11 is 0. The molecule has 0 heterocycles. The SMILES string of the molecule is CCOC(Cc1ccc(OCCN(CCC2CCCC2)C(=O)Nc2ccc(F)cc2)cc1)C(=O)O. The number of carbonyl (C=O) groups is 2. The van der Waals surface area contributed by atoms with Crippen LogP contribution in [0.3, 0.4) is 0 Å². The zero-order valence-electron chi connectivity index (χ0n) is 20.2. The number of aliphatic carboxylic acids is 1. The van der Waals surface area contributed by atoms with Crippen LogP contribution in [0.25, 0.3) is 0 Å². The topological polar surface area (TPSA) is 88.1 Å². The van der Waals surface area contributed by atoms with E-state index in [4.69, 9.17) is 9.47 Å². The third-order valence-electron chi connectivity index (χ3n) is 6.28. The molecule has 1 aliphatic rings. The van der Waals surface area contributed by atoms with Crippen molar-refractivity contribution in [1.82, 2.24) is 4.90 Å². The zero-order valence-corrected chi connectivity index (χ0v) is 20.2. The molecule has 8 heteroatoms. The number of carbonyl (C=O) groups excluding carboxylic acids is 1. The summed E-state index contributed by atoms with van der Waals surface area (Å²) in [4.78, 5) is 25.9. The summed E-state index contributed by atoms with van der Waals surface area (Å²) in [5.41, 5.74) is 1.39. The van der Waals surface area contributed by atoms with Crippen molar-refractivity contribution < 1.29 is 28.6 Å². The Morgan fingerprint density at radius 1 is 1.09 bits per heavy atom. The van der Waals surface area contributed by atoms with Gasteiger partial charge in [0.2, 0.25) is 0 Å². The number of ether oxygens (including phenoxy) is 2. The third kappa shape index (κ3) is 8.87. The third-order valence-corrected chi connectivity index (χ3v) is 6.28. The highest BCUT2D eigenvalue weighted by Crippen LogP contribution is 2.27. The van der Waals surface area contributed by atoms with Gasteiger partial charge < -0.3 is 24.8 Å². The molecule has 2 aromatic rings. The number of anilines is 1. The summed E-state index contributed by atoms with van der Waals surface area (Å²) in [6.07, 6.45) is 5.29. The van der Waals surface area contributed by atoms with E-state index in [0.717, 1.165) is 12.0 Å². The molecule has 7 nitrogen and oxygen atoms in total. The Labute approximate surface area is 206 Å². The van der Waals surface area contributed by atoms with Crippen molar-refractivity contribution in [3.8, 4) is 5.75 Å². The van der Waals surface area contributed by atoms with Gasteiger partial charge in [0.1, 0.15) is 18.2 Å². The number of hydrogen-bond acceptors (Lipinski definition) is 4. The van der Waals surface area contributed by atoms with Gasteiger partial charge in [0.25, 0.3) is 0 Å². The summed E-state index contributed by atoms with van der Waals surface area (Å²) in [6.45, 7) is 3.46. The summed E-state index contributed by atoms with van der Waals surface area (Å²) in [6, 6.07) is 12.7. The predicted molar refractivity (Wildman–Crippen MR) is 132 cm³/mol. The van der Waals surface area contributed by atoms with E-state index in [2.05, 4.69) is 5.32 Å². The standard InChI is InChI=1S/C27H35FN2O5/c1-2-34-25(26(31)32)19-21-7-13-24(14-8-21)35-18-17-30(16-15-20-5-3-4-6-20)27(33)29-23-11-9-22(28)10-12-23/h7-14,20,25H,2-6,15-19H2,1H3,(H,29,33)(H,31,32). The predicted octanol–water partition coefficient (Wildman–Crippen LogP) is 5.35. The fraction of sp³-hybridized carbons (Fsp3) is 0.481. The number of rotatable bonds is 13. The number of carboxylic acids is 1. The van der Waals surface area contributed by atoms with Crippen molar-refractivity contribution >= 4 is 17.7 Å². The minimum atomic E-state index is -0.983. The molecule has 3 rings (SSSR count). The summed E-state index contributed by atoms with van der Waals surface area (Å²) < 4.78 is 24.3. The van der Waals surface area contributed by atoms with Gasteiger partial charge in [0, 0.05) is 25.3 Å². The Hall–Kier alpha value is -3.13. The van der Waals surface area contributed by atoms with E-state index in [-0.39, 0.29) is 18.3 Å². The van der Waals surface area contributed by atoms with Gasteiger partial charge in [0.05, 0.1) is 6.54 Å². The molecule has 2 aromatic carbocycles. The number of hydrogen-bond donors (Lipinski definition) is 2. The van der Waals surface area contributed by atoms with Gasteiger partial charge in [-0.3, -0.25) is 0 Å². The minimum Gasteiger partial charge on any atom is -0.492 e. The fourth-order valence-corrected chi connectivity index (χ4v) is 4.32. The van der Waals surface area contributed by atoms with Crippen molar-refractivity contribution in [2.24, 2.45) is 5.92 Å². The van der Waals surface area contributed by atoms with Gasteiger partial charge in [-0.1, -0.05) is 37.8 Å². The minimum absolute atomic E-state index is 0.232. The lowest BCUT2D eigenvalue weighted by molar-refractivity contribution is -0.149. The van der Waals surface area contributed by atoms with Crippen LogP contribution >= 0.6 is 0 Å². The van der Waals surface area contributed by atoms with Crippen LogP contribution in [0, 0.1) is 11.7 Å². The first-order valence-corrected chi connectivity index (χ1v) is 12.3. The second kappa shape index (κ2) is 13.7. The Morgan fingerprint density at radius 2 is 1.77 bits per heavy atom. The van der Waals surface area contributed by atoms with Crippen molar-refractivity contribution in [3.05, 3.63) is 59.9 Å². The van der Waals surface area contributed by atoms with Crippen molar-refractivity contribution in [1.29, 1.82) is 0 Å². The van der Waals surface area contributed by atoms with E-state index in [9.17, 15) is 19.1 Å². The van der Waals surface area contributed by atoms with E-state index >= 15 is 0 Å². The normalized spacial score (nSPS) is 14.5. The van der Waals surface area contributed by atoms with Crippen LogP contribution in [0.15, 0.2) is 48.5 Å². The number of benzene rings is 2. The van der Waals surface area contributed by atoms with E-state index < -0.39 is 12.1 Å². The first kappa shape index (κ1) is 26.5. The van der Waals surface area contributed by atoms with E-state index in [1.165, 1.54) is 37.8 Å². The number of nitrogens with one attached hydrogen (secondary N) is 1. The molecule has 1 aliphatic carbocycles. The van der Waals surface area contributed by atoms with Crippen LogP contribution < -0.4 is 10.1 Å². The number of amides is 2. The lowest BCUT2D eigenvalue weighted by Crippen LogP contribution is -2.39. The molecule has 1 fully saturated rings. The maximum atomic E-state index is 13.2. The highest BCUT2D eigenvalue weighted by molar-refractivity contribution is 5.89. The molecule has 0 aliphatic heterocycles. The summed E-state index contributed by atoms with van der Waals surface area (Å²) in [5.74, 6) is -0.0386. The first-order chi connectivity index (χ1) is 16.9. The maximum Gasteiger partial charge on any atom is 0.333 e. The number of halogens is 1. The van der Waals surface area contributed by atoms with Gasteiger partial charge >= 0.3 is 12.0 Å². The Balaban J connectivity index is 1.53. The number of carboxylic acid groups (broad SMARTS) is 1. The van der Waals surface area contributed by atoms with E-state index in [0.29, 0.717) is 43.7 Å². The van der Waals surface area contributed by atoms with E-state index in [1.807, 2.05) is 12.1 Å². The van der Waals surface area contributed by atoms with E-state index in [1.54, 1.807) is 36.1 Å². The van der Waals surface area contributed by atoms with Crippen LogP contribution in [0.2, 0.25) is 0 Å². The molecule has 0 aromatic heterocycles. The molecule has 2 amide bonds. The molecule has 0 saturated heterocycles. The number of urea groups is 1. The van der Waals surface area contributed by atoms with Crippen LogP contribution in [0.1, 0.15) is 44.6 Å². The highest BCUT2D eigenvalue weighted by atomic mass is 19.1. The van der Waals surface area contributed by atoms with Crippen molar-refractivity contribution in [3.63, 3.8) is 0 Å². The summed E-state index contributed by atoms with van der Waals surface area (Å²) in [7, 11) is 0. The summed E-state index contributed by atoms with van der Waals surface area (Å²) in [5, 5.41) is 12.1. The molecular weight excluding hydrogens is 451 g/mol. The van der Waals surface area contributed by atoms with Gasteiger partial charge in [0.15, 0.2) is 6.10 Å². The van der Waals surface area contributed by atoms with Crippen LogP contribution in [-0.4, -0.2) is 54.4 Å². The molecule has 0 radical (unpaired) electrons. The molecule has 1 atom stereocenters. The molecule has 1 unspecified atom stereocenters. The Bertz CT molecular complexity index is 930. The molecule has 1 saturated carbocycles. The van der Waals surface area contributed by atoms with Crippen LogP contribution in [0.5, 0.6) is 5.75 Å². The van der Waals surface area contributed by atoms with Crippen LogP contribution in [0.4, 0.5) is 14.9 Å². The maximum absolute atomic E-state index is 13.2. The second-order valence-electron chi connectivity index (χ2n) is 8.84.